The highest BCUT2D eigenvalue weighted by atomic mass is 16.2. The Hall–Kier alpha value is -1.10. The van der Waals surface area contributed by atoms with Crippen molar-refractivity contribution < 1.29 is 9.59 Å². The molecule has 0 aliphatic carbocycles. The molecular weight excluding hydrogens is 230 g/mol. The Bertz CT molecular complexity index is 292. The average Bonchev–Trinajstić information content (AvgIpc) is 2.36. The van der Waals surface area contributed by atoms with Crippen LogP contribution in [0.15, 0.2) is 0 Å². The number of carbonyl (C=O) groups is 2. The van der Waals surface area contributed by atoms with E-state index >= 15 is 0 Å². The smallest absolute Gasteiger partial charge is 0.239 e. The van der Waals surface area contributed by atoms with Gasteiger partial charge in [0.05, 0.1) is 6.04 Å². The molecule has 1 heterocycles. The maximum absolute atomic E-state index is 11.8. The van der Waals surface area contributed by atoms with Crippen molar-refractivity contribution in [2.24, 2.45) is 11.7 Å². The number of nitrogens with one attached hydrogen (secondary N) is 1. The van der Waals surface area contributed by atoms with E-state index in [9.17, 15) is 9.59 Å². The molecule has 5 nitrogen and oxygen atoms in total. The van der Waals surface area contributed by atoms with Crippen LogP contribution in [0.4, 0.5) is 0 Å². The van der Waals surface area contributed by atoms with E-state index in [1.807, 2.05) is 11.8 Å². The molecule has 1 aliphatic heterocycles. The van der Waals surface area contributed by atoms with E-state index < -0.39 is 6.04 Å². The number of nitrogens with zero attached hydrogens (tertiary/aromatic N) is 1. The molecule has 0 bridgehead atoms. The molecule has 3 N–H and O–H groups in total. The van der Waals surface area contributed by atoms with Crippen molar-refractivity contribution in [3.8, 4) is 0 Å². The quantitative estimate of drug-likeness (QED) is 0.750. The van der Waals surface area contributed by atoms with Gasteiger partial charge in [0.15, 0.2) is 0 Å². The first-order chi connectivity index (χ1) is 8.54. The van der Waals surface area contributed by atoms with Gasteiger partial charge in [0.1, 0.15) is 0 Å². The Morgan fingerprint density at radius 3 is 2.83 bits per heavy atom. The molecule has 0 radical (unpaired) electrons. The van der Waals surface area contributed by atoms with Gasteiger partial charge in [0.2, 0.25) is 11.8 Å². The predicted molar refractivity (Wildman–Crippen MR) is 70.9 cm³/mol. The van der Waals surface area contributed by atoms with E-state index in [0.717, 1.165) is 25.8 Å². The van der Waals surface area contributed by atoms with E-state index in [1.165, 1.54) is 0 Å². The van der Waals surface area contributed by atoms with Gasteiger partial charge in [-0.2, -0.15) is 0 Å². The summed E-state index contributed by atoms with van der Waals surface area (Å²) in [6.07, 6.45) is 3.50. The number of amides is 2. The fourth-order valence-electron chi connectivity index (χ4n) is 2.29. The zero-order valence-corrected chi connectivity index (χ0v) is 11.4. The normalized spacial score (nSPS) is 21.5. The molecule has 0 aromatic carbocycles. The molecule has 0 aromatic rings. The Morgan fingerprint density at radius 1 is 1.50 bits per heavy atom. The third-order valence-corrected chi connectivity index (χ3v) is 3.29. The molecule has 1 aliphatic rings. The molecule has 18 heavy (non-hydrogen) atoms. The van der Waals surface area contributed by atoms with E-state index in [1.54, 1.807) is 6.92 Å². The lowest BCUT2D eigenvalue weighted by molar-refractivity contribution is -0.134. The Labute approximate surface area is 109 Å². The average molecular weight is 255 g/mol. The summed E-state index contributed by atoms with van der Waals surface area (Å²) in [6.45, 7) is 5.88. The SMILES string of the molecule is CCCC(=O)NCC1CCCN(C(=O)[C@@H](C)N)C1. The summed E-state index contributed by atoms with van der Waals surface area (Å²) < 4.78 is 0. The highest BCUT2D eigenvalue weighted by molar-refractivity contribution is 5.81. The lowest BCUT2D eigenvalue weighted by Crippen LogP contribution is -2.48. The van der Waals surface area contributed by atoms with E-state index in [4.69, 9.17) is 5.73 Å². The van der Waals surface area contributed by atoms with Crippen molar-refractivity contribution in [1.82, 2.24) is 10.2 Å². The van der Waals surface area contributed by atoms with Crippen LogP contribution in [0.3, 0.4) is 0 Å². The number of hydrogen-bond donors (Lipinski definition) is 2. The summed E-state index contributed by atoms with van der Waals surface area (Å²) in [5.41, 5.74) is 5.61. The fraction of sp³-hybridized carbons (Fsp3) is 0.846. The third-order valence-electron chi connectivity index (χ3n) is 3.29. The molecule has 1 saturated heterocycles. The highest BCUT2D eigenvalue weighted by Crippen LogP contribution is 2.16. The monoisotopic (exact) mass is 255 g/mol. The van der Waals surface area contributed by atoms with Crippen molar-refractivity contribution in [1.29, 1.82) is 0 Å². The molecule has 1 rings (SSSR count). The van der Waals surface area contributed by atoms with Crippen molar-refractivity contribution in [2.75, 3.05) is 19.6 Å². The van der Waals surface area contributed by atoms with Crippen LogP contribution in [0.25, 0.3) is 0 Å². The third kappa shape index (κ3) is 4.64. The number of nitrogens with two attached hydrogens (primary N) is 1. The Balaban J connectivity index is 2.35. The molecule has 104 valence electrons. The topological polar surface area (TPSA) is 75.4 Å². The molecule has 0 aromatic heterocycles. The van der Waals surface area contributed by atoms with Gasteiger partial charge in [0.25, 0.3) is 0 Å². The molecule has 1 unspecified atom stereocenters. The fourth-order valence-corrected chi connectivity index (χ4v) is 2.29. The summed E-state index contributed by atoms with van der Waals surface area (Å²) >= 11 is 0. The lowest BCUT2D eigenvalue weighted by atomic mass is 9.97. The van der Waals surface area contributed by atoms with Gasteiger partial charge < -0.3 is 16.0 Å². The Morgan fingerprint density at radius 2 is 2.22 bits per heavy atom. The zero-order valence-electron chi connectivity index (χ0n) is 11.4. The Kier molecular flexibility index (Phi) is 6.12. The predicted octanol–water partition coefficient (Wildman–Crippen LogP) is 0.489. The summed E-state index contributed by atoms with van der Waals surface area (Å²) in [6, 6.07) is -0.432. The van der Waals surface area contributed by atoms with Crippen molar-refractivity contribution in [2.45, 2.75) is 45.6 Å². The number of hydrogen-bond acceptors (Lipinski definition) is 3. The van der Waals surface area contributed by atoms with Gasteiger partial charge in [-0.3, -0.25) is 9.59 Å². The molecule has 5 heteroatoms. The molecule has 2 atom stereocenters. The number of piperidine rings is 1. The number of likely N-dealkylation sites (tertiary alicyclic amines) is 1. The van der Waals surface area contributed by atoms with Gasteiger partial charge >= 0.3 is 0 Å². The molecule has 1 fully saturated rings. The minimum atomic E-state index is -0.432. The first-order valence-electron chi connectivity index (χ1n) is 6.85. The molecule has 0 saturated carbocycles. The van der Waals surface area contributed by atoms with E-state index in [0.29, 0.717) is 25.4 Å². The van der Waals surface area contributed by atoms with Crippen LogP contribution >= 0.6 is 0 Å². The summed E-state index contributed by atoms with van der Waals surface area (Å²) in [5.74, 6) is 0.481. The maximum Gasteiger partial charge on any atom is 0.239 e. The van der Waals surface area contributed by atoms with Crippen LogP contribution in [-0.4, -0.2) is 42.4 Å². The van der Waals surface area contributed by atoms with Gasteiger partial charge in [0, 0.05) is 26.1 Å². The number of carbonyl (C=O) groups excluding carboxylic acids is 2. The molecular formula is C13H25N3O2. The van der Waals surface area contributed by atoms with Crippen LogP contribution in [0.2, 0.25) is 0 Å². The number of rotatable bonds is 5. The van der Waals surface area contributed by atoms with Crippen LogP contribution in [0.1, 0.15) is 39.5 Å². The minimum Gasteiger partial charge on any atom is -0.356 e. The zero-order chi connectivity index (χ0) is 13.5. The largest absolute Gasteiger partial charge is 0.356 e. The minimum absolute atomic E-state index is 0.0135. The lowest BCUT2D eigenvalue weighted by Gasteiger charge is -2.33. The van der Waals surface area contributed by atoms with Crippen LogP contribution in [-0.2, 0) is 9.59 Å². The highest BCUT2D eigenvalue weighted by Gasteiger charge is 2.25. The molecule has 2 amide bonds. The molecule has 0 spiro atoms. The van der Waals surface area contributed by atoms with Gasteiger partial charge in [-0.25, -0.2) is 0 Å². The second-order valence-corrected chi connectivity index (χ2v) is 5.14. The van der Waals surface area contributed by atoms with Crippen LogP contribution < -0.4 is 11.1 Å². The van der Waals surface area contributed by atoms with Gasteiger partial charge in [-0.05, 0) is 32.1 Å². The van der Waals surface area contributed by atoms with Gasteiger partial charge in [-0.15, -0.1) is 0 Å². The summed E-state index contributed by atoms with van der Waals surface area (Å²) in [5, 5.41) is 2.93. The first-order valence-corrected chi connectivity index (χ1v) is 6.85. The maximum atomic E-state index is 11.8. The van der Waals surface area contributed by atoms with E-state index in [-0.39, 0.29) is 11.8 Å². The summed E-state index contributed by atoms with van der Waals surface area (Å²) in [4.78, 5) is 25.0. The second kappa shape index (κ2) is 7.36. The van der Waals surface area contributed by atoms with Crippen LogP contribution in [0, 0.1) is 5.92 Å². The van der Waals surface area contributed by atoms with E-state index in [2.05, 4.69) is 5.32 Å². The van der Waals surface area contributed by atoms with Crippen molar-refractivity contribution >= 4 is 11.8 Å². The first kappa shape index (κ1) is 15.0. The van der Waals surface area contributed by atoms with Crippen molar-refractivity contribution in [3.63, 3.8) is 0 Å². The van der Waals surface area contributed by atoms with Crippen LogP contribution in [0.5, 0.6) is 0 Å². The van der Waals surface area contributed by atoms with Crippen molar-refractivity contribution in [3.05, 3.63) is 0 Å². The second-order valence-electron chi connectivity index (χ2n) is 5.14. The van der Waals surface area contributed by atoms with Gasteiger partial charge in [-0.1, -0.05) is 6.92 Å². The summed E-state index contributed by atoms with van der Waals surface area (Å²) in [7, 11) is 0. The standard InChI is InChI=1S/C13H25N3O2/c1-3-5-12(17)15-8-11-6-4-7-16(9-11)13(18)10(2)14/h10-11H,3-9,14H2,1-2H3,(H,15,17)/t10-,11?/m1/s1.